The van der Waals surface area contributed by atoms with Crippen LogP contribution in [0.15, 0.2) is 22.7 Å². The number of hydrogen-bond acceptors (Lipinski definition) is 4. The standard InChI is InChI=1S/C13H15BrO4/c1-8-4-5-10(14)6-9(8)7-11(12(15)17-2)13(16)18-3/h4-6,11H,7H2,1-3H3. The topological polar surface area (TPSA) is 52.6 Å². The summed E-state index contributed by atoms with van der Waals surface area (Å²) in [6, 6.07) is 5.71. The van der Waals surface area contributed by atoms with Crippen LogP contribution in [-0.2, 0) is 25.5 Å². The SMILES string of the molecule is COC(=O)C(Cc1cc(Br)ccc1C)C(=O)OC. The Hall–Kier alpha value is -1.36. The van der Waals surface area contributed by atoms with Crippen LogP contribution in [0.2, 0.25) is 0 Å². The molecule has 0 N–H and O–H groups in total. The molecule has 0 aliphatic rings. The summed E-state index contributed by atoms with van der Waals surface area (Å²) in [5.41, 5.74) is 1.92. The molecule has 0 aliphatic carbocycles. The summed E-state index contributed by atoms with van der Waals surface area (Å²) in [4.78, 5) is 23.2. The summed E-state index contributed by atoms with van der Waals surface area (Å²) in [5.74, 6) is -2.09. The molecule has 0 aromatic heterocycles. The molecule has 5 heteroatoms. The number of benzene rings is 1. The van der Waals surface area contributed by atoms with Gasteiger partial charge in [-0.15, -0.1) is 0 Å². The van der Waals surface area contributed by atoms with Gasteiger partial charge >= 0.3 is 11.9 Å². The van der Waals surface area contributed by atoms with Crippen LogP contribution in [-0.4, -0.2) is 26.2 Å². The van der Waals surface area contributed by atoms with Gasteiger partial charge in [-0.1, -0.05) is 22.0 Å². The van der Waals surface area contributed by atoms with Crippen LogP contribution in [0.3, 0.4) is 0 Å². The van der Waals surface area contributed by atoms with Crippen molar-refractivity contribution in [3.05, 3.63) is 33.8 Å². The highest BCUT2D eigenvalue weighted by molar-refractivity contribution is 9.10. The maximum absolute atomic E-state index is 11.6. The highest BCUT2D eigenvalue weighted by atomic mass is 79.9. The molecule has 18 heavy (non-hydrogen) atoms. The molecule has 0 unspecified atom stereocenters. The van der Waals surface area contributed by atoms with Crippen molar-refractivity contribution in [2.45, 2.75) is 13.3 Å². The molecular formula is C13H15BrO4. The molecule has 1 rings (SSSR count). The minimum absolute atomic E-state index is 0.268. The summed E-state index contributed by atoms with van der Waals surface area (Å²) in [7, 11) is 2.51. The van der Waals surface area contributed by atoms with Crippen molar-refractivity contribution in [3.8, 4) is 0 Å². The largest absolute Gasteiger partial charge is 0.468 e. The fraction of sp³-hybridized carbons (Fsp3) is 0.385. The van der Waals surface area contributed by atoms with Gasteiger partial charge in [0.05, 0.1) is 14.2 Å². The fourth-order valence-electron chi connectivity index (χ4n) is 1.63. The second-order valence-corrected chi connectivity index (χ2v) is 4.79. The van der Waals surface area contributed by atoms with Crippen LogP contribution < -0.4 is 0 Å². The summed E-state index contributed by atoms with van der Waals surface area (Å²) in [6.45, 7) is 1.92. The minimum atomic E-state index is -0.923. The third kappa shape index (κ3) is 3.57. The smallest absolute Gasteiger partial charge is 0.320 e. The lowest BCUT2D eigenvalue weighted by atomic mass is 9.96. The lowest BCUT2D eigenvalue weighted by Crippen LogP contribution is -2.28. The van der Waals surface area contributed by atoms with E-state index >= 15 is 0 Å². The van der Waals surface area contributed by atoms with E-state index in [9.17, 15) is 9.59 Å². The highest BCUT2D eigenvalue weighted by Crippen LogP contribution is 2.20. The minimum Gasteiger partial charge on any atom is -0.468 e. The van der Waals surface area contributed by atoms with Crippen molar-refractivity contribution < 1.29 is 19.1 Å². The van der Waals surface area contributed by atoms with Crippen molar-refractivity contribution in [2.75, 3.05) is 14.2 Å². The van der Waals surface area contributed by atoms with Crippen LogP contribution in [0.4, 0.5) is 0 Å². The van der Waals surface area contributed by atoms with Crippen molar-refractivity contribution in [3.63, 3.8) is 0 Å². The first-order chi connectivity index (χ1) is 8.49. The normalized spacial score (nSPS) is 10.3. The summed E-state index contributed by atoms with van der Waals surface area (Å²) in [6.07, 6.45) is 0.268. The summed E-state index contributed by atoms with van der Waals surface area (Å²) in [5, 5.41) is 0. The Bertz CT molecular complexity index is 440. The van der Waals surface area contributed by atoms with E-state index in [2.05, 4.69) is 25.4 Å². The third-order valence-corrected chi connectivity index (χ3v) is 3.20. The zero-order valence-electron chi connectivity index (χ0n) is 10.5. The van der Waals surface area contributed by atoms with Gasteiger partial charge in [0, 0.05) is 4.47 Å². The van der Waals surface area contributed by atoms with E-state index in [1.807, 2.05) is 25.1 Å². The van der Waals surface area contributed by atoms with Crippen LogP contribution in [0.5, 0.6) is 0 Å². The predicted molar refractivity (Wildman–Crippen MR) is 70.1 cm³/mol. The van der Waals surface area contributed by atoms with E-state index in [1.165, 1.54) is 14.2 Å². The van der Waals surface area contributed by atoms with Crippen LogP contribution >= 0.6 is 15.9 Å². The molecular weight excluding hydrogens is 300 g/mol. The van der Waals surface area contributed by atoms with Crippen molar-refractivity contribution >= 4 is 27.9 Å². The number of aryl methyl sites for hydroxylation is 1. The Morgan fingerprint density at radius 1 is 1.22 bits per heavy atom. The molecule has 4 nitrogen and oxygen atoms in total. The quantitative estimate of drug-likeness (QED) is 0.632. The van der Waals surface area contributed by atoms with Crippen molar-refractivity contribution in [1.29, 1.82) is 0 Å². The number of carbonyl (C=O) groups excluding carboxylic acids is 2. The Kier molecular flexibility index (Phi) is 5.34. The Balaban J connectivity index is 2.99. The second-order valence-electron chi connectivity index (χ2n) is 3.87. The number of rotatable bonds is 4. The fourth-order valence-corrected chi connectivity index (χ4v) is 2.04. The van der Waals surface area contributed by atoms with Gasteiger partial charge in [0.1, 0.15) is 0 Å². The van der Waals surface area contributed by atoms with E-state index in [4.69, 9.17) is 0 Å². The molecule has 0 bridgehead atoms. The monoisotopic (exact) mass is 314 g/mol. The lowest BCUT2D eigenvalue weighted by Gasteiger charge is -2.14. The van der Waals surface area contributed by atoms with Gasteiger partial charge in [0.15, 0.2) is 5.92 Å². The Morgan fingerprint density at radius 2 is 1.78 bits per heavy atom. The van der Waals surface area contributed by atoms with E-state index < -0.39 is 17.9 Å². The molecule has 1 aromatic carbocycles. The van der Waals surface area contributed by atoms with Gasteiger partial charge in [-0.25, -0.2) is 0 Å². The number of halogens is 1. The maximum atomic E-state index is 11.6. The zero-order chi connectivity index (χ0) is 13.7. The zero-order valence-corrected chi connectivity index (χ0v) is 12.1. The van der Waals surface area contributed by atoms with Crippen LogP contribution in [0.1, 0.15) is 11.1 Å². The molecule has 0 atom stereocenters. The molecule has 98 valence electrons. The van der Waals surface area contributed by atoms with E-state index in [1.54, 1.807) is 0 Å². The number of carbonyl (C=O) groups is 2. The molecule has 0 radical (unpaired) electrons. The third-order valence-electron chi connectivity index (χ3n) is 2.71. The van der Waals surface area contributed by atoms with E-state index in [-0.39, 0.29) is 6.42 Å². The molecule has 1 aromatic rings. The predicted octanol–water partition coefficient (Wildman–Crippen LogP) is 2.26. The van der Waals surface area contributed by atoms with E-state index in [0.29, 0.717) is 0 Å². The molecule has 0 aliphatic heterocycles. The average molecular weight is 315 g/mol. The first-order valence-corrected chi connectivity index (χ1v) is 6.19. The summed E-state index contributed by atoms with van der Waals surface area (Å²) < 4.78 is 10.2. The van der Waals surface area contributed by atoms with Gasteiger partial charge in [-0.2, -0.15) is 0 Å². The number of ether oxygens (including phenoxy) is 2. The Morgan fingerprint density at radius 3 is 2.28 bits per heavy atom. The second kappa shape index (κ2) is 6.54. The molecule has 0 saturated carbocycles. The van der Waals surface area contributed by atoms with Gasteiger partial charge < -0.3 is 9.47 Å². The van der Waals surface area contributed by atoms with Crippen LogP contribution in [0, 0.1) is 12.8 Å². The number of methoxy groups -OCH3 is 2. The Labute approximate surface area is 114 Å². The molecule has 0 fully saturated rings. The van der Waals surface area contributed by atoms with Crippen molar-refractivity contribution in [2.24, 2.45) is 5.92 Å². The van der Waals surface area contributed by atoms with Gasteiger partial charge in [0.2, 0.25) is 0 Å². The van der Waals surface area contributed by atoms with Gasteiger partial charge in [-0.05, 0) is 36.6 Å². The first kappa shape index (κ1) is 14.7. The van der Waals surface area contributed by atoms with Gasteiger partial charge in [0.25, 0.3) is 0 Å². The molecule has 0 saturated heterocycles. The lowest BCUT2D eigenvalue weighted by molar-refractivity contribution is -0.158. The number of hydrogen-bond donors (Lipinski definition) is 0. The van der Waals surface area contributed by atoms with Crippen molar-refractivity contribution in [1.82, 2.24) is 0 Å². The summed E-state index contributed by atoms with van der Waals surface area (Å²) >= 11 is 3.36. The number of esters is 2. The first-order valence-electron chi connectivity index (χ1n) is 5.40. The highest BCUT2D eigenvalue weighted by Gasteiger charge is 2.29. The molecule has 0 heterocycles. The van der Waals surface area contributed by atoms with Gasteiger partial charge in [-0.3, -0.25) is 9.59 Å². The van der Waals surface area contributed by atoms with E-state index in [0.717, 1.165) is 15.6 Å². The average Bonchev–Trinajstić information content (AvgIpc) is 2.38. The molecule has 0 amide bonds. The maximum Gasteiger partial charge on any atom is 0.320 e. The van der Waals surface area contributed by atoms with Crippen LogP contribution in [0.25, 0.3) is 0 Å². The molecule has 0 spiro atoms.